The number of hydrogen-bond acceptors (Lipinski definition) is 4. The lowest BCUT2D eigenvalue weighted by Gasteiger charge is -2.11. The van der Waals surface area contributed by atoms with Crippen LogP contribution < -0.4 is 11.1 Å². The maximum absolute atomic E-state index is 12.9. The molecule has 0 saturated carbocycles. The van der Waals surface area contributed by atoms with Crippen molar-refractivity contribution < 1.29 is 18.7 Å². The summed E-state index contributed by atoms with van der Waals surface area (Å²) in [6.45, 7) is 1.43. The molecule has 0 heterocycles. The van der Waals surface area contributed by atoms with E-state index in [1.54, 1.807) is 0 Å². The fourth-order valence-corrected chi connectivity index (χ4v) is 1.16. The highest BCUT2D eigenvalue weighted by atomic mass is 19.1. The Hall–Kier alpha value is -2.11. The minimum absolute atomic E-state index is 0.0969. The third-order valence-electron chi connectivity index (χ3n) is 2.13. The Kier molecular flexibility index (Phi) is 4.03. The minimum Gasteiger partial charge on any atom is -0.449 e. The molecule has 0 bridgehead atoms. The van der Waals surface area contributed by atoms with Gasteiger partial charge in [0, 0.05) is 7.05 Å². The van der Waals surface area contributed by atoms with E-state index in [1.165, 1.54) is 20.0 Å². The number of amides is 1. The lowest BCUT2D eigenvalue weighted by atomic mass is 10.2. The molecule has 1 unspecified atom stereocenters. The van der Waals surface area contributed by atoms with Gasteiger partial charge in [-0.25, -0.2) is 9.18 Å². The van der Waals surface area contributed by atoms with E-state index >= 15 is 0 Å². The number of carbonyl (C=O) groups is 2. The molecule has 1 aromatic rings. The number of benzene rings is 1. The van der Waals surface area contributed by atoms with Crippen LogP contribution in [0.5, 0.6) is 0 Å². The molecule has 1 atom stereocenters. The molecule has 0 saturated heterocycles. The molecule has 0 aromatic heterocycles. The van der Waals surface area contributed by atoms with Gasteiger partial charge in [-0.15, -0.1) is 0 Å². The van der Waals surface area contributed by atoms with Crippen LogP contribution in [0, 0.1) is 5.82 Å². The molecule has 5 nitrogen and oxygen atoms in total. The Morgan fingerprint density at radius 2 is 2.12 bits per heavy atom. The fourth-order valence-electron chi connectivity index (χ4n) is 1.16. The van der Waals surface area contributed by atoms with Gasteiger partial charge >= 0.3 is 5.97 Å². The molecule has 0 spiro atoms. The second-order valence-electron chi connectivity index (χ2n) is 3.40. The number of ether oxygens (including phenoxy) is 1. The van der Waals surface area contributed by atoms with Gasteiger partial charge in [-0.2, -0.15) is 0 Å². The fraction of sp³-hybridized carbons (Fsp3) is 0.273. The topological polar surface area (TPSA) is 81.4 Å². The van der Waals surface area contributed by atoms with Crippen molar-refractivity contribution in [3.05, 3.63) is 29.6 Å². The third-order valence-corrected chi connectivity index (χ3v) is 2.13. The van der Waals surface area contributed by atoms with Gasteiger partial charge in [0.25, 0.3) is 5.91 Å². The first-order valence-corrected chi connectivity index (χ1v) is 4.93. The van der Waals surface area contributed by atoms with Crippen LogP contribution in [0.15, 0.2) is 18.2 Å². The Morgan fingerprint density at radius 3 is 2.65 bits per heavy atom. The molecule has 6 heteroatoms. The van der Waals surface area contributed by atoms with E-state index in [2.05, 4.69) is 5.32 Å². The summed E-state index contributed by atoms with van der Waals surface area (Å²) in [5.41, 5.74) is 5.26. The van der Waals surface area contributed by atoms with Crippen LogP contribution in [0.1, 0.15) is 17.3 Å². The maximum Gasteiger partial charge on any atom is 0.338 e. The van der Waals surface area contributed by atoms with E-state index in [9.17, 15) is 14.0 Å². The number of likely N-dealkylation sites (N-methyl/N-ethyl adjacent to an activating group) is 1. The predicted molar refractivity (Wildman–Crippen MR) is 59.8 cm³/mol. The Labute approximate surface area is 97.7 Å². The smallest absolute Gasteiger partial charge is 0.338 e. The van der Waals surface area contributed by atoms with E-state index in [-0.39, 0.29) is 11.3 Å². The largest absolute Gasteiger partial charge is 0.449 e. The monoisotopic (exact) mass is 240 g/mol. The van der Waals surface area contributed by atoms with Crippen molar-refractivity contribution in [2.45, 2.75) is 13.0 Å². The van der Waals surface area contributed by atoms with Crippen molar-refractivity contribution in [3.8, 4) is 0 Å². The van der Waals surface area contributed by atoms with Crippen molar-refractivity contribution >= 4 is 17.6 Å². The average molecular weight is 240 g/mol. The first-order chi connectivity index (χ1) is 7.95. The number of hydrogen-bond donors (Lipinski definition) is 2. The van der Waals surface area contributed by atoms with Gasteiger partial charge in [0.15, 0.2) is 6.10 Å². The number of nitrogens with one attached hydrogen (secondary N) is 1. The zero-order valence-electron chi connectivity index (χ0n) is 9.49. The first kappa shape index (κ1) is 13.0. The molecule has 0 radical (unpaired) electrons. The van der Waals surface area contributed by atoms with E-state index < -0.39 is 23.8 Å². The average Bonchev–Trinajstić information content (AvgIpc) is 2.31. The highest BCUT2D eigenvalue weighted by molar-refractivity contribution is 5.92. The van der Waals surface area contributed by atoms with Gasteiger partial charge in [-0.05, 0) is 25.1 Å². The molecule has 3 N–H and O–H groups in total. The second kappa shape index (κ2) is 5.29. The Bertz CT molecular complexity index is 448. The number of halogens is 1. The predicted octanol–water partition coefficient (Wildman–Crippen LogP) is 0.699. The number of nitrogen functional groups attached to an aromatic ring is 1. The van der Waals surface area contributed by atoms with Crippen molar-refractivity contribution in [2.75, 3.05) is 12.8 Å². The van der Waals surface area contributed by atoms with Crippen LogP contribution >= 0.6 is 0 Å². The summed E-state index contributed by atoms with van der Waals surface area (Å²) in [7, 11) is 1.43. The van der Waals surface area contributed by atoms with Crippen LogP contribution in [-0.2, 0) is 9.53 Å². The highest BCUT2D eigenvalue weighted by Crippen LogP contribution is 2.13. The zero-order chi connectivity index (χ0) is 13.0. The molecular formula is C11H13FN2O3. The molecule has 1 amide bonds. The van der Waals surface area contributed by atoms with Crippen LogP contribution in [-0.4, -0.2) is 25.0 Å². The molecule has 92 valence electrons. The van der Waals surface area contributed by atoms with E-state index in [0.29, 0.717) is 0 Å². The van der Waals surface area contributed by atoms with Crippen LogP contribution in [0.3, 0.4) is 0 Å². The first-order valence-electron chi connectivity index (χ1n) is 4.93. The molecule has 0 fully saturated rings. The molecular weight excluding hydrogens is 227 g/mol. The number of anilines is 1. The van der Waals surface area contributed by atoms with E-state index in [4.69, 9.17) is 10.5 Å². The Balaban J connectivity index is 2.76. The van der Waals surface area contributed by atoms with Gasteiger partial charge in [0.1, 0.15) is 5.82 Å². The van der Waals surface area contributed by atoms with E-state index in [0.717, 1.165) is 12.1 Å². The number of rotatable bonds is 3. The van der Waals surface area contributed by atoms with Crippen molar-refractivity contribution in [1.82, 2.24) is 5.32 Å². The molecule has 1 rings (SSSR count). The summed E-state index contributed by atoms with van der Waals surface area (Å²) in [5, 5.41) is 2.34. The van der Waals surface area contributed by atoms with Gasteiger partial charge < -0.3 is 15.8 Å². The quantitative estimate of drug-likeness (QED) is 0.602. The molecule has 0 aliphatic rings. The van der Waals surface area contributed by atoms with Crippen LogP contribution in [0.4, 0.5) is 10.1 Å². The molecule has 0 aliphatic heterocycles. The summed E-state index contributed by atoms with van der Waals surface area (Å²) in [5.74, 6) is -1.76. The third kappa shape index (κ3) is 3.17. The Morgan fingerprint density at radius 1 is 1.47 bits per heavy atom. The van der Waals surface area contributed by atoms with Crippen molar-refractivity contribution in [3.63, 3.8) is 0 Å². The summed E-state index contributed by atoms with van der Waals surface area (Å²) < 4.78 is 17.7. The molecule has 17 heavy (non-hydrogen) atoms. The lowest BCUT2D eigenvalue weighted by Crippen LogP contribution is -2.33. The second-order valence-corrected chi connectivity index (χ2v) is 3.40. The van der Waals surface area contributed by atoms with E-state index in [1.807, 2.05) is 0 Å². The number of carbonyl (C=O) groups excluding carboxylic acids is 2. The summed E-state index contributed by atoms with van der Waals surface area (Å²) >= 11 is 0. The van der Waals surface area contributed by atoms with Crippen molar-refractivity contribution in [2.24, 2.45) is 0 Å². The summed E-state index contributed by atoms with van der Waals surface area (Å²) in [6.07, 6.45) is -0.918. The van der Waals surface area contributed by atoms with Gasteiger partial charge in [-0.3, -0.25) is 4.79 Å². The van der Waals surface area contributed by atoms with Crippen LogP contribution in [0.2, 0.25) is 0 Å². The summed E-state index contributed by atoms with van der Waals surface area (Å²) in [6, 6.07) is 3.47. The maximum atomic E-state index is 12.9. The zero-order valence-corrected chi connectivity index (χ0v) is 9.49. The normalized spacial score (nSPS) is 11.7. The lowest BCUT2D eigenvalue weighted by molar-refractivity contribution is -0.128. The molecule has 1 aromatic carbocycles. The van der Waals surface area contributed by atoms with Gasteiger partial charge in [0.2, 0.25) is 0 Å². The van der Waals surface area contributed by atoms with Crippen molar-refractivity contribution in [1.29, 1.82) is 0 Å². The van der Waals surface area contributed by atoms with Crippen LogP contribution in [0.25, 0.3) is 0 Å². The highest BCUT2D eigenvalue weighted by Gasteiger charge is 2.18. The summed E-state index contributed by atoms with van der Waals surface area (Å²) in [4.78, 5) is 22.7. The minimum atomic E-state index is -0.918. The van der Waals surface area contributed by atoms with Gasteiger partial charge in [0.05, 0.1) is 11.3 Å². The van der Waals surface area contributed by atoms with Gasteiger partial charge in [-0.1, -0.05) is 0 Å². The molecule has 0 aliphatic carbocycles. The SMILES string of the molecule is CNC(=O)C(C)OC(=O)c1ccc(F)c(N)c1. The number of nitrogens with two attached hydrogens (primary N) is 1. The number of esters is 1. The standard InChI is InChI=1S/C11H13FN2O3/c1-6(10(15)14-2)17-11(16)7-3-4-8(12)9(13)5-7/h3-6H,13H2,1-2H3,(H,14,15).